The molecule has 1 aromatic carbocycles. The maximum Gasteiger partial charge on any atom is 0.200 e. The number of ketones is 1. The van der Waals surface area contributed by atoms with Crippen molar-refractivity contribution >= 4 is 11.6 Å². The Kier molecular flexibility index (Phi) is 9.27. The van der Waals surface area contributed by atoms with E-state index in [-0.39, 0.29) is 23.2 Å². The molecule has 4 aromatic heterocycles. The summed E-state index contributed by atoms with van der Waals surface area (Å²) in [4.78, 5) is 36.6. The first-order chi connectivity index (χ1) is 23.4. The molecule has 5 aromatic rings. The molecule has 0 saturated carbocycles. The minimum atomic E-state index is -0.257. The van der Waals surface area contributed by atoms with Crippen LogP contribution in [0.4, 0.5) is 5.82 Å². The number of anilines is 1. The molecule has 2 N–H and O–H groups in total. The number of nitrogen functional groups attached to an aromatic ring is 1. The van der Waals surface area contributed by atoms with Crippen LogP contribution in [0, 0.1) is 12.8 Å². The van der Waals surface area contributed by atoms with Crippen molar-refractivity contribution in [3.63, 3.8) is 0 Å². The number of hydrogen-bond donors (Lipinski definition) is 1. The quantitative estimate of drug-likeness (QED) is 0.196. The number of pyridine rings is 3. The van der Waals surface area contributed by atoms with Gasteiger partial charge in [0.25, 0.3) is 0 Å². The van der Waals surface area contributed by atoms with Gasteiger partial charge >= 0.3 is 0 Å². The normalized spacial score (nSPS) is 15.9. The summed E-state index contributed by atoms with van der Waals surface area (Å²) in [6.45, 7) is 5.70. The maximum absolute atomic E-state index is 13.7. The Morgan fingerprint density at radius 2 is 1.58 bits per heavy atom. The predicted octanol–water partition coefficient (Wildman–Crippen LogP) is 5.93. The number of aryl methyl sites for hydroxylation is 1. The van der Waals surface area contributed by atoms with Crippen molar-refractivity contribution in [3.8, 4) is 33.5 Å². The number of Topliss-reactive ketones (excluding diaryl/α,β-unsaturated/α-hetero) is 1. The Balaban J connectivity index is 1.12. The highest BCUT2D eigenvalue weighted by molar-refractivity contribution is 5.98. The molecule has 2 saturated heterocycles. The summed E-state index contributed by atoms with van der Waals surface area (Å²) >= 11 is 0. The Labute approximate surface area is 279 Å². The van der Waals surface area contributed by atoms with Crippen LogP contribution in [-0.2, 0) is 22.4 Å². The highest BCUT2D eigenvalue weighted by Crippen LogP contribution is 2.30. The monoisotopic (exact) mass is 644 g/mol. The third kappa shape index (κ3) is 7.00. The predicted molar refractivity (Wildman–Crippen MR) is 185 cm³/mol. The minimum absolute atomic E-state index is 0.0519. The average molecular weight is 645 g/mol. The van der Waals surface area contributed by atoms with E-state index in [0.29, 0.717) is 40.2 Å². The van der Waals surface area contributed by atoms with E-state index >= 15 is 0 Å². The van der Waals surface area contributed by atoms with Crippen LogP contribution in [0.3, 0.4) is 0 Å². The van der Waals surface area contributed by atoms with Crippen LogP contribution in [0.25, 0.3) is 33.5 Å². The van der Waals surface area contributed by atoms with Gasteiger partial charge < -0.3 is 19.8 Å². The number of aromatic nitrogens is 5. The highest BCUT2D eigenvalue weighted by atomic mass is 16.5. The van der Waals surface area contributed by atoms with Gasteiger partial charge in [-0.2, -0.15) is 5.10 Å². The van der Waals surface area contributed by atoms with Gasteiger partial charge in [-0.1, -0.05) is 35.9 Å². The lowest BCUT2D eigenvalue weighted by molar-refractivity contribution is 0.0612. The maximum atomic E-state index is 13.7. The summed E-state index contributed by atoms with van der Waals surface area (Å²) in [7, 11) is 0. The second-order valence-corrected chi connectivity index (χ2v) is 12.9. The standard InChI is InChI=1S/C38H40N6O4/c1-25-2-5-28(6-3-25)33-23-43(21-26-8-12-47-13-9-26)24-34(37(33)46)36(45)16-27-4-7-35(40-18-27)32-17-29(19-41-38(32)39)30-20-42-44(22-30)31-10-14-48-15-11-31/h2-7,17-20,22-24,26,31H,8-16,21H2,1H3,(H2,39,41). The lowest BCUT2D eigenvalue weighted by Crippen LogP contribution is -2.25. The number of carbonyl (C=O) groups excluding carboxylic acids is 1. The number of benzene rings is 1. The van der Waals surface area contributed by atoms with Crippen molar-refractivity contribution in [1.82, 2.24) is 24.3 Å². The Bertz CT molecular complexity index is 1950. The van der Waals surface area contributed by atoms with Crippen LogP contribution < -0.4 is 11.2 Å². The second kappa shape index (κ2) is 14.0. The van der Waals surface area contributed by atoms with Crippen molar-refractivity contribution in [3.05, 3.63) is 107 Å². The second-order valence-electron chi connectivity index (χ2n) is 12.9. The molecule has 6 heterocycles. The number of nitrogens with two attached hydrogens (primary N) is 1. The summed E-state index contributed by atoms with van der Waals surface area (Å²) in [5, 5.41) is 4.60. The molecule has 2 fully saturated rings. The Hall–Kier alpha value is -4.93. The molecular formula is C38H40N6O4. The molecule has 7 rings (SSSR count). The van der Waals surface area contributed by atoms with E-state index in [1.807, 2.05) is 77.2 Å². The minimum Gasteiger partial charge on any atom is -0.383 e. The molecule has 0 amide bonds. The van der Waals surface area contributed by atoms with Gasteiger partial charge in [0.05, 0.1) is 23.5 Å². The van der Waals surface area contributed by atoms with Gasteiger partial charge in [-0.05, 0) is 61.8 Å². The first-order valence-electron chi connectivity index (χ1n) is 16.7. The van der Waals surface area contributed by atoms with Crippen LogP contribution in [0.2, 0.25) is 0 Å². The molecule has 0 atom stereocenters. The molecule has 10 heteroatoms. The van der Waals surface area contributed by atoms with Crippen LogP contribution in [-0.4, -0.2) is 56.5 Å². The summed E-state index contributed by atoms with van der Waals surface area (Å²) < 4.78 is 15.1. The fourth-order valence-corrected chi connectivity index (χ4v) is 6.55. The summed E-state index contributed by atoms with van der Waals surface area (Å²) in [6, 6.07) is 13.8. The molecule has 0 unspecified atom stereocenters. The Morgan fingerprint density at radius 3 is 2.31 bits per heavy atom. The molecule has 246 valence electrons. The molecule has 2 aliphatic heterocycles. The third-order valence-corrected chi connectivity index (χ3v) is 9.44. The SMILES string of the molecule is Cc1ccc(-c2cn(CC3CCOCC3)cc(C(=O)Cc3ccc(-c4cc(-c5cnn(C6CCOCC6)c5)cnc4N)nc3)c2=O)cc1. The van der Waals surface area contributed by atoms with E-state index < -0.39 is 0 Å². The number of hydrogen-bond acceptors (Lipinski definition) is 8. The van der Waals surface area contributed by atoms with Gasteiger partial charge in [0.2, 0.25) is 0 Å². The van der Waals surface area contributed by atoms with Crippen molar-refractivity contribution in [2.24, 2.45) is 5.92 Å². The fourth-order valence-electron chi connectivity index (χ4n) is 6.55. The fraction of sp³-hybridized carbons (Fsp3) is 0.342. The number of ether oxygens (including phenoxy) is 2. The largest absolute Gasteiger partial charge is 0.383 e. The third-order valence-electron chi connectivity index (χ3n) is 9.44. The van der Waals surface area contributed by atoms with E-state index in [1.165, 1.54) is 0 Å². The zero-order chi connectivity index (χ0) is 33.0. The number of rotatable bonds is 9. The van der Waals surface area contributed by atoms with E-state index in [9.17, 15) is 9.59 Å². The van der Waals surface area contributed by atoms with Gasteiger partial charge in [0.15, 0.2) is 11.2 Å². The molecule has 48 heavy (non-hydrogen) atoms. The Morgan fingerprint density at radius 1 is 0.833 bits per heavy atom. The summed E-state index contributed by atoms with van der Waals surface area (Å²) in [5.41, 5.74) is 12.6. The van der Waals surface area contributed by atoms with E-state index in [4.69, 9.17) is 15.2 Å². The van der Waals surface area contributed by atoms with Crippen LogP contribution >= 0.6 is 0 Å². The van der Waals surface area contributed by atoms with Gasteiger partial charge in [-0.25, -0.2) is 4.98 Å². The van der Waals surface area contributed by atoms with E-state index in [2.05, 4.69) is 15.1 Å². The van der Waals surface area contributed by atoms with Crippen molar-refractivity contribution in [1.29, 1.82) is 0 Å². The molecule has 10 nitrogen and oxygen atoms in total. The van der Waals surface area contributed by atoms with Crippen molar-refractivity contribution in [2.45, 2.75) is 51.6 Å². The van der Waals surface area contributed by atoms with E-state index in [1.54, 1.807) is 18.6 Å². The zero-order valence-corrected chi connectivity index (χ0v) is 27.2. The smallest absolute Gasteiger partial charge is 0.200 e. The topological polar surface area (TPSA) is 127 Å². The average Bonchev–Trinajstić information content (AvgIpc) is 3.61. The van der Waals surface area contributed by atoms with Crippen molar-refractivity contribution < 1.29 is 14.3 Å². The zero-order valence-electron chi connectivity index (χ0n) is 27.2. The summed E-state index contributed by atoms with van der Waals surface area (Å²) in [5.74, 6) is 0.550. The van der Waals surface area contributed by atoms with Gasteiger partial charge in [-0.3, -0.25) is 19.3 Å². The van der Waals surface area contributed by atoms with Gasteiger partial charge in [0.1, 0.15) is 5.82 Å². The number of nitrogens with zero attached hydrogens (tertiary/aromatic N) is 5. The van der Waals surface area contributed by atoms with Crippen LogP contribution in [0.1, 0.15) is 53.2 Å². The molecule has 2 aliphatic rings. The van der Waals surface area contributed by atoms with Crippen LogP contribution in [0.5, 0.6) is 0 Å². The molecule has 0 bridgehead atoms. The molecule has 0 radical (unpaired) electrons. The lowest BCUT2D eigenvalue weighted by atomic mass is 9.97. The lowest BCUT2D eigenvalue weighted by Gasteiger charge is -2.23. The molecule has 0 spiro atoms. The van der Waals surface area contributed by atoms with Gasteiger partial charge in [-0.15, -0.1) is 0 Å². The first-order valence-corrected chi connectivity index (χ1v) is 16.7. The molecule has 0 aliphatic carbocycles. The van der Waals surface area contributed by atoms with Crippen molar-refractivity contribution in [2.75, 3.05) is 32.2 Å². The first kappa shape index (κ1) is 31.7. The molecular weight excluding hydrogens is 604 g/mol. The summed E-state index contributed by atoms with van der Waals surface area (Å²) in [6.07, 6.45) is 14.8. The highest BCUT2D eigenvalue weighted by Gasteiger charge is 2.21. The number of carbonyl (C=O) groups is 1. The van der Waals surface area contributed by atoms with Crippen LogP contribution in [0.15, 0.2) is 84.4 Å². The van der Waals surface area contributed by atoms with E-state index in [0.717, 1.165) is 80.9 Å². The van der Waals surface area contributed by atoms with Gasteiger partial charge in [0, 0.05) is 92.6 Å².